The van der Waals surface area contributed by atoms with Crippen LogP contribution >= 0.6 is 0 Å². The van der Waals surface area contributed by atoms with Crippen molar-refractivity contribution in [1.29, 1.82) is 0 Å². The third-order valence-corrected chi connectivity index (χ3v) is 2.50. The highest BCUT2D eigenvalue weighted by Gasteiger charge is 2.06. The molecule has 0 aliphatic carbocycles. The summed E-state index contributed by atoms with van der Waals surface area (Å²) in [6.45, 7) is 1.88. The number of methoxy groups -OCH3 is 1. The summed E-state index contributed by atoms with van der Waals surface area (Å²) in [7, 11) is 1.59. The van der Waals surface area contributed by atoms with Crippen molar-refractivity contribution in [3.8, 4) is 5.75 Å². The summed E-state index contributed by atoms with van der Waals surface area (Å²) in [5.41, 5.74) is 2.11. The second-order valence-electron chi connectivity index (χ2n) is 3.87. The molecular weight excluding hydrogens is 228 g/mol. The molecule has 1 aromatic carbocycles. The summed E-state index contributed by atoms with van der Waals surface area (Å²) >= 11 is 0. The molecule has 4 heteroatoms. The number of nitrogens with one attached hydrogen (secondary N) is 1. The van der Waals surface area contributed by atoms with Crippen LogP contribution in [0.3, 0.4) is 0 Å². The largest absolute Gasteiger partial charge is 0.497 e. The monoisotopic (exact) mass is 242 g/mol. The lowest BCUT2D eigenvalue weighted by Crippen LogP contribution is -2.12. The number of aromatic nitrogens is 1. The van der Waals surface area contributed by atoms with Gasteiger partial charge in [-0.1, -0.05) is 6.07 Å². The lowest BCUT2D eigenvalue weighted by Gasteiger charge is -2.06. The summed E-state index contributed by atoms with van der Waals surface area (Å²) in [5.74, 6) is 0.519. The van der Waals surface area contributed by atoms with Crippen LogP contribution in [0.5, 0.6) is 5.75 Å². The van der Waals surface area contributed by atoms with Gasteiger partial charge in [0.25, 0.3) is 5.91 Å². The van der Waals surface area contributed by atoms with Crippen molar-refractivity contribution in [2.45, 2.75) is 6.92 Å². The molecule has 0 aliphatic heterocycles. The van der Waals surface area contributed by atoms with Gasteiger partial charge in [-0.2, -0.15) is 0 Å². The number of carbonyl (C=O) groups excluding carboxylic acids is 1. The fourth-order valence-electron chi connectivity index (χ4n) is 1.51. The summed E-state index contributed by atoms with van der Waals surface area (Å²) in [6, 6.07) is 10.8. The van der Waals surface area contributed by atoms with Crippen LogP contribution in [-0.2, 0) is 0 Å². The topological polar surface area (TPSA) is 51.2 Å². The number of nitrogens with zero attached hydrogens (tertiary/aromatic N) is 1. The number of carbonyl (C=O) groups is 1. The molecule has 0 radical (unpaired) electrons. The van der Waals surface area contributed by atoms with Crippen LogP contribution in [0.1, 0.15) is 16.1 Å². The highest BCUT2D eigenvalue weighted by Crippen LogP contribution is 2.17. The van der Waals surface area contributed by atoms with E-state index < -0.39 is 0 Å². The molecule has 18 heavy (non-hydrogen) atoms. The molecule has 0 spiro atoms. The van der Waals surface area contributed by atoms with Crippen LogP contribution < -0.4 is 10.1 Å². The van der Waals surface area contributed by atoms with Gasteiger partial charge < -0.3 is 10.1 Å². The van der Waals surface area contributed by atoms with Crippen LogP contribution in [0.15, 0.2) is 42.6 Å². The van der Waals surface area contributed by atoms with Crippen LogP contribution in [0.25, 0.3) is 0 Å². The number of hydrogen-bond donors (Lipinski definition) is 1. The molecule has 0 aliphatic rings. The molecule has 2 aromatic rings. The summed E-state index contributed by atoms with van der Waals surface area (Å²) < 4.78 is 5.09. The molecule has 1 amide bonds. The Morgan fingerprint density at radius 2 is 2.11 bits per heavy atom. The minimum atomic E-state index is -0.184. The maximum atomic E-state index is 11.9. The van der Waals surface area contributed by atoms with Crippen LogP contribution in [0.4, 0.5) is 5.69 Å². The Bertz CT molecular complexity index is 550. The molecule has 0 saturated heterocycles. The Balaban J connectivity index is 2.13. The molecule has 0 unspecified atom stereocenters. The number of rotatable bonds is 3. The molecule has 92 valence electrons. The molecule has 0 bridgehead atoms. The molecule has 0 fully saturated rings. The molecule has 0 saturated carbocycles. The van der Waals surface area contributed by atoms with Crippen LogP contribution in [-0.4, -0.2) is 18.0 Å². The Hall–Kier alpha value is -2.36. The third-order valence-electron chi connectivity index (χ3n) is 2.50. The molecule has 1 aromatic heterocycles. The van der Waals surface area contributed by atoms with Gasteiger partial charge in [-0.15, -0.1) is 0 Å². The van der Waals surface area contributed by atoms with Gasteiger partial charge in [0.05, 0.1) is 12.7 Å². The average Bonchev–Trinajstić information content (AvgIpc) is 2.39. The maximum Gasteiger partial charge on any atom is 0.257 e. The molecule has 2 rings (SSSR count). The fourth-order valence-corrected chi connectivity index (χ4v) is 1.51. The van der Waals surface area contributed by atoms with E-state index in [-0.39, 0.29) is 5.91 Å². The molecule has 1 N–H and O–H groups in total. The van der Waals surface area contributed by atoms with Gasteiger partial charge in [0.2, 0.25) is 0 Å². The third kappa shape index (κ3) is 2.85. The van der Waals surface area contributed by atoms with Gasteiger partial charge in [-0.3, -0.25) is 9.78 Å². The second-order valence-corrected chi connectivity index (χ2v) is 3.87. The highest BCUT2D eigenvalue weighted by molar-refractivity contribution is 6.04. The predicted octanol–water partition coefficient (Wildman–Crippen LogP) is 2.65. The van der Waals surface area contributed by atoms with E-state index in [1.54, 1.807) is 31.5 Å². The van der Waals surface area contributed by atoms with Crippen molar-refractivity contribution >= 4 is 11.6 Å². The zero-order valence-electron chi connectivity index (χ0n) is 10.3. The van der Waals surface area contributed by atoms with E-state index in [1.807, 2.05) is 25.1 Å². The molecule has 4 nitrogen and oxygen atoms in total. The number of hydrogen-bond acceptors (Lipinski definition) is 3. The Morgan fingerprint density at radius 3 is 2.78 bits per heavy atom. The van der Waals surface area contributed by atoms with Crippen molar-refractivity contribution in [1.82, 2.24) is 4.98 Å². The van der Waals surface area contributed by atoms with Gasteiger partial charge in [0.1, 0.15) is 5.75 Å². The number of pyridine rings is 1. The maximum absolute atomic E-state index is 11.9. The van der Waals surface area contributed by atoms with Crippen molar-refractivity contribution in [3.63, 3.8) is 0 Å². The standard InChI is InChI=1S/C14H14N2O2/c1-10-6-7-11(9-15-10)14(17)16-12-4-3-5-13(8-12)18-2/h3-9H,1-2H3,(H,16,17). The van der Waals surface area contributed by atoms with E-state index in [4.69, 9.17) is 4.74 Å². The number of anilines is 1. The van der Waals surface area contributed by atoms with E-state index in [2.05, 4.69) is 10.3 Å². The van der Waals surface area contributed by atoms with Crippen molar-refractivity contribution < 1.29 is 9.53 Å². The van der Waals surface area contributed by atoms with Gasteiger partial charge in [0, 0.05) is 23.6 Å². The minimum absolute atomic E-state index is 0.184. The predicted molar refractivity (Wildman–Crippen MR) is 69.9 cm³/mol. The SMILES string of the molecule is COc1cccc(NC(=O)c2ccc(C)nc2)c1. The second kappa shape index (κ2) is 5.31. The Morgan fingerprint density at radius 1 is 1.28 bits per heavy atom. The van der Waals surface area contributed by atoms with Gasteiger partial charge in [0.15, 0.2) is 0 Å². The van der Waals surface area contributed by atoms with Crippen LogP contribution in [0, 0.1) is 6.92 Å². The molecule has 1 heterocycles. The lowest BCUT2D eigenvalue weighted by atomic mass is 10.2. The first kappa shape index (κ1) is 12.1. The zero-order chi connectivity index (χ0) is 13.0. The number of benzene rings is 1. The van der Waals surface area contributed by atoms with Crippen LogP contribution in [0.2, 0.25) is 0 Å². The summed E-state index contributed by atoms with van der Waals surface area (Å²) in [4.78, 5) is 16.0. The smallest absolute Gasteiger partial charge is 0.257 e. The number of aryl methyl sites for hydroxylation is 1. The van der Waals surface area contributed by atoms with E-state index in [0.717, 1.165) is 5.69 Å². The van der Waals surface area contributed by atoms with E-state index in [0.29, 0.717) is 17.0 Å². The van der Waals surface area contributed by atoms with E-state index in [1.165, 1.54) is 0 Å². The lowest BCUT2D eigenvalue weighted by molar-refractivity contribution is 0.102. The van der Waals surface area contributed by atoms with Gasteiger partial charge in [-0.25, -0.2) is 0 Å². The first-order chi connectivity index (χ1) is 8.69. The van der Waals surface area contributed by atoms with E-state index >= 15 is 0 Å². The zero-order valence-corrected chi connectivity index (χ0v) is 10.3. The number of amides is 1. The molecule has 0 atom stereocenters. The first-order valence-corrected chi connectivity index (χ1v) is 5.57. The van der Waals surface area contributed by atoms with Crippen molar-refractivity contribution in [2.75, 3.05) is 12.4 Å². The van der Waals surface area contributed by atoms with Crippen molar-refractivity contribution in [3.05, 3.63) is 53.9 Å². The Labute approximate surface area is 106 Å². The highest BCUT2D eigenvalue weighted by atomic mass is 16.5. The van der Waals surface area contributed by atoms with Gasteiger partial charge >= 0.3 is 0 Å². The quantitative estimate of drug-likeness (QED) is 0.900. The first-order valence-electron chi connectivity index (χ1n) is 5.57. The normalized spacial score (nSPS) is 9.89. The van der Waals surface area contributed by atoms with Gasteiger partial charge in [-0.05, 0) is 31.2 Å². The summed E-state index contributed by atoms with van der Waals surface area (Å²) in [6.07, 6.45) is 1.56. The Kier molecular flexibility index (Phi) is 3.57. The average molecular weight is 242 g/mol. The summed E-state index contributed by atoms with van der Waals surface area (Å²) in [5, 5.41) is 2.79. The minimum Gasteiger partial charge on any atom is -0.497 e. The number of ether oxygens (including phenoxy) is 1. The molecular formula is C14H14N2O2. The van der Waals surface area contributed by atoms with Crippen molar-refractivity contribution in [2.24, 2.45) is 0 Å². The van der Waals surface area contributed by atoms with E-state index in [9.17, 15) is 4.79 Å². The fraction of sp³-hybridized carbons (Fsp3) is 0.143.